The molecule has 1 aliphatic heterocycles. The highest BCUT2D eigenvalue weighted by atomic mass is 16.5. The third kappa shape index (κ3) is 4.34. The fourth-order valence-corrected chi connectivity index (χ4v) is 3.55. The fourth-order valence-electron chi connectivity index (χ4n) is 3.55. The average molecular weight is 390 g/mol. The molecule has 1 aliphatic rings. The molecule has 1 atom stereocenters. The largest absolute Gasteiger partial charge is 0.358 e. The number of rotatable bonds is 5. The van der Waals surface area contributed by atoms with Crippen LogP contribution in [0, 0.1) is 0 Å². The first kappa shape index (κ1) is 18.9. The molecule has 1 saturated heterocycles. The van der Waals surface area contributed by atoms with E-state index in [1.54, 1.807) is 18.5 Å². The second-order valence-corrected chi connectivity index (χ2v) is 7.03. The molecule has 1 aromatic carbocycles. The van der Waals surface area contributed by atoms with Crippen molar-refractivity contribution in [3.05, 3.63) is 83.5 Å². The van der Waals surface area contributed by atoms with Crippen molar-refractivity contribution in [2.24, 2.45) is 0 Å². The van der Waals surface area contributed by atoms with Crippen molar-refractivity contribution < 1.29 is 14.1 Å². The molecule has 7 heteroatoms. The molecule has 3 heterocycles. The van der Waals surface area contributed by atoms with Gasteiger partial charge in [0.25, 0.3) is 11.8 Å². The molecule has 2 amide bonds. The van der Waals surface area contributed by atoms with Gasteiger partial charge in [0.1, 0.15) is 0 Å². The van der Waals surface area contributed by atoms with Gasteiger partial charge in [-0.25, -0.2) is 0 Å². The van der Waals surface area contributed by atoms with E-state index in [9.17, 15) is 9.59 Å². The highest BCUT2D eigenvalue weighted by Crippen LogP contribution is 2.32. The Morgan fingerprint density at radius 2 is 2.00 bits per heavy atom. The number of amides is 2. The minimum absolute atomic E-state index is 0.0331. The van der Waals surface area contributed by atoms with Crippen LogP contribution in [-0.4, -0.2) is 33.4 Å². The van der Waals surface area contributed by atoms with Crippen LogP contribution in [0.15, 0.2) is 65.4 Å². The number of carbonyl (C=O) groups is 2. The summed E-state index contributed by atoms with van der Waals surface area (Å²) in [5.74, 6) is 0.190. The number of carbonyl (C=O) groups excluding carboxylic acids is 2. The van der Waals surface area contributed by atoms with Crippen LogP contribution < -0.4 is 5.32 Å². The van der Waals surface area contributed by atoms with Crippen molar-refractivity contribution in [2.75, 3.05) is 6.54 Å². The van der Waals surface area contributed by atoms with Gasteiger partial charge in [-0.3, -0.25) is 14.6 Å². The number of benzene rings is 1. The summed E-state index contributed by atoms with van der Waals surface area (Å²) in [6.07, 6.45) is 6.10. The Bertz CT molecular complexity index is 972. The molecule has 0 spiro atoms. The van der Waals surface area contributed by atoms with Gasteiger partial charge in [0.2, 0.25) is 0 Å². The number of hydrogen-bond acceptors (Lipinski definition) is 5. The maximum atomic E-state index is 13.0. The maximum Gasteiger partial charge on any atom is 0.273 e. The van der Waals surface area contributed by atoms with Gasteiger partial charge < -0.3 is 14.7 Å². The van der Waals surface area contributed by atoms with E-state index in [4.69, 9.17) is 4.52 Å². The van der Waals surface area contributed by atoms with Crippen molar-refractivity contribution in [2.45, 2.75) is 31.8 Å². The summed E-state index contributed by atoms with van der Waals surface area (Å²) < 4.78 is 5.48. The number of piperidine rings is 1. The lowest BCUT2D eigenvalue weighted by molar-refractivity contribution is 0.0569. The number of pyridine rings is 1. The van der Waals surface area contributed by atoms with Gasteiger partial charge in [0.05, 0.1) is 6.04 Å². The van der Waals surface area contributed by atoms with Crippen LogP contribution in [0.1, 0.15) is 57.5 Å². The molecule has 4 rings (SSSR count). The number of hydrogen-bond donors (Lipinski definition) is 1. The minimum atomic E-state index is -0.319. The topological polar surface area (TPSA) is 88.3 Å². The van der Waals surface area contributed by atoms with Gasteiger partial charge in [-0.1, -0.05) is 29.4 Å². The lowest BCUT2D eigenvalue weighted by atomic mass is 9.98. The number of nitrogens with one attached hydrogen (secondary N) is 1. The molecular weight excluding hydrogens is 368 g/mol. The third-order valence-electron chi connectivity index (χ3n) is 5.05. The van der Waals surface area contributed by atoms with E-state index in [1.165, 1.54) is 0 Å². The Morgan fingerprint density at radius 1 is 1.14 bits per heavy atom. The van der Waals surface area contributed by atoms with Gasteiger partial charge in [-0.2, -0.15) is 0 Å². The van der Waals surface area contributed by atoms with E-state index in [0.717, 1.165) is 24.8 Å². The molecule has 2 aromatic heterocycles. The van der Waals surface area contributed by atoms with Gasteiger partial charge in [0, 0.05) is 37.1 Å². The summed E-state index contributed by atoms with van der Waals surface area (Å²) in [5, 5.41) is 6.74. The zero-order valence-electron chi connectivity index (χ0n) is 16.0. The van der Waals surface area contributed by atoms with Crippen molar-refractivity contribution in [1.82, 2.24) is 20.4 Å². The Morgan fingerprint density at radius 3 is 2.79 bits per heavy atom. The van der Waals surface area contributed by atoms with E-state index in [2.05, 4.69) is 15.5 Å². The zero-order valence-corrected chi connectivity index (χ0v) is 16.0. The van der Waals surface area contributed by atoms with E-state index >= 15 is 0 Å². The zero-order chi connectivity index (χ0) is 20.1. The Balaban J connectivity index is 1.46. The summed E-state index contributed by atoms with van der Waals surface area (Å²) in [6.45, 7) is 1.01. The highest BCUT2D eigenvalue weighted by molar-refractivity contribution is 5.94. The van der Waals surface area contributed by atoms with E-state index in [-0.39, 0.29) is 23.6 Å². The highest BCUT2D eigenvalue weighted by Gasteiger charge is 2.32. The predicted octanol–water partition coefficient (Wildman–Crippen LogP) is 3.37. The Kier molecular flexibility index (Phi) is 5.65. The molecule has 1 unspecified atom stereocenters. The number of nitrogens with zero attached hydrogens (tertiary/aromatic N) is 3. The molecule has 7 nitrogen and oxygen atoms in total. The van der Waals surface area contributed by atoms with Crippen molar-refractivity contribution >= 4 is 11.8 Å². The van der Waals surface area contributed by atoms with Gasteiger partial charge in [-0.05, 0) is 43.0 Å². The van der Waals surface area contributed by atoms with Crippen LogP contribution in [0.4, 0.5) is 0 Å². The Labute approximate surface area is 168 Å². The number of likely N-dealkylation sites (tertiary alicyclic amines) is 1. The first-order valence-electron chi connectivity index (χ1n) is 9.72. The first-order valence-corrected chi connectivity index (χ1v) is 9.72. The van der Waals surface area contributed by atoms with Crippen LogP contribution >= 0.6 is 0 Å². The fraction of sp³-hybridized carbons (Fsp3) is 0.273. The van der Waals surface area contributed by atoms with E-state index < -0.39 is 0 Å². The van der Waals surface area contributed by atoms with E-state index in [0.29, 0.717) is 24.4 Å². The van der Waals surface area contributed by atoms with E-state index in [1.807, 2.05) is 47.4 Å². The van der Waals surface area contributed by atoms with Crippen molar-refractivity contribution in [1.29, 1.82) is 0 Å². The van der Waals surface area contributed by atoms with Crippen LogP contribution in [-0.2, 0) is 6.54 Å². The van der Waals surface area contributed by atoms with Gasteiger partial charge >= 0.3 is 0 Å². The second-order valence-electron chi connectivity index (χ2n) is 7.03. The smallest absolute Gasteiger partial charge is 0.273 e. The van der Waals surface area contributed by atoms with Crippen LogP contribution in [0.3, 0.4) is 0 Å². The minimum Gasteiger partial charge on any atom is -0.358 e. The summed E-state index contributed by atoms with van der Waals surface area (Å²) >= 11 is 0. The monoisotopic (exact) mass is 390 g/mol. The predicted molar refractivity (Wildman–Crippen MR) is 106 cm³/mol. The lowest BCUT2D eigenvalue weighted by Crippen LogP contribution is -2.38. The molecule has 0 bridgehead atoms. The third-order valence-corrected chi connectivity index (χ3v) is 5.05. The van der Waals surface area contributed by atoms with Crippen LogP contribution in [0.5, 0.6) is 0 Å². The van der Waals surface area contributed by atoms with Crippen LogP contribution in [0.2, 0.25) is 0 Å². The molecule has 0 saturated carbocycles. The normalized spacial score (nSPS) is 16.4. The standard InChI is InChI=1S/C22H22N4O3/c27-21(24-15-16-7-6-11-23-14-16)18-13-20(29-25-18)19-10-4-5-12-26(19)22(28)17-8-2-1-3-9-17/h1-3,6-9,11,13-14,19H,4-5,10,12,15H2,(H,24,27). The summed E-state index contributed by atoms with van der Waals surface area (Å²) in [5.41, 5.74) is 1.76. The number of aromatic nitrogens is 2. The molecule has 29 heavy (non-hydrogen) atoms. The second kappa shape index (κ2) is 8.68. The molecule has 0 radical (unpaired) electrons. The summed E-state index contributed by atoms with van der Waals surface area (Å²) in [4.78, 5) is 31.2. The van der Waals surface area contributed by atoms with Crippen molar-refractivity contribution in [3.63, 3.8) is 0 Å². The molecule has 1 fully saturated rings. The molecule has 1 N–H and O–H groups in total. The first-order chi connectivity index (χ1) is 14.2. The molecular formula is C22H22N4O3. The van der Waals surface area contributed by atoms with Crippen molar-refractivity contribution in [3.8, 4) is 0 Å². The lowest BCUT2D eigenvalue weighted by Gasteiger charge is -2.34. The summed E-state index contributed by atoms with van der Waals surface area (Å²) in [6, 6.07) is 14.3. The van der Waals surface area contributed by atoms with Crippen LogP contribution in [0.25, 0.3) is 0 Å². The van der Waals surface area contributed by atoms with Gasteiger partial charge in [-0.15, -0.1) is 0 Å². The SMILES string of the molecule is O=C(NCc1cccnc1)c1cc(C2CCCCN2C(=O)c2ccccc2)on1. The summed E-state index contributed by atoms with van der Waals surface area (Å²) in [7, 11) is 0. The quantitative estimate of drug-likeness (QED) is 0.722. The molecule has 0 aliphatic carbocycles. The molecule has 3 aromatic rings. The van der Waals surface area contributed by atoms with Gasteiger partial charge in [0.15, 0.2) is 11.5 Å². The average Bonchev–Trinajstić information content (AvgIpc) is 3.28. The maximum absolute atomic E-state index is 13.0. The molecule has 148 valence electrons. The Hall–Kier alpha value is -3.48.